The first-order chi connectivity index (χ1) is 9.38. The summed E-state index contributed by atoms with van der Waals surface area (Å²) >= 11 is 3.94. The van der Waals surface area contributed by atoms with Crippen LogP contribution in [0.3, 0.4) is 0 Å². The van der Waals surface area contributed by atoms with Crippen LogP contribution in [-0.2, 0) is 14.8 Å². The third-order valence-corrected chi connectivity index (χ3v) is 5.14. The van der Waals surface area contributed by atoms with E-state index in [1.165, 1.54) is 25.4 Å². The van der Waals surface area contributed by atoms with Crippen LogP contribution in [0.5, 0.6) is 0 Å². The molecule has 0 aliphatic heterocycles. The second-order valence-corrected chi connectivity index (χ2v) is 7.20. The predicted molar refractivity (Wildman–Crippen MR) is 77.0 cm³/mol. The number of pyridine rings is 1. The molecule has 0 aliphatic rings. The van der Waals surface area contributed by atoms with Gasteiger partial charge in [-0.1, -0.05) is 11.3 Å². The number of carbonyl (C=O) groups excluding carboxylic acids is 1. The molecule has 0 aromatic carbocycles. The molecule has 0 atom stereocenters. The fourth-order valence-corrected chi connectivity index (χ4v) is 3.67. The molecule has 0 radical (unpaired) electrons. The number of carbonyl (C=O) groups is 1. The molecule has 0 saturated heterocycles. The van der Waals surface area contributed by atoms with Gasteiger partial charge in [0.1, 0.15) is 0 Å². The van der Waals surface area contributed by atoms with Crippen LogP contribution < -0.4 is 10.0 Å². The Bertz CT molecular complexity index is 746. The summed E-state index contributed by atoms with van der Waals surface area (Å²) in [4.78, 5) is 14.7. The van der Waals surface area contributed by atoms with E-state index in [2.05, 4.69) is 41.2 Å². The Morgan fingerprint density at radius 3 is 2.80 bits per heavy atom. The smallest absolute Gasteiger partial charge is 0.291 e. The molecule has 0 aliphatic carbocycles. The van der Waals surface area contributed by atoms with Crippen molar-refractivity contribution in [1.82, 2.24) is 15.2 Å². The molecule has 0 bridgehead atoms. The average Bonchev–Trinajstić information content (AvgIpc) is 2.80. The molecule has 2 aromatic rings. The molecule has 0 saturated carbocycles. The highest BCUT2D eigenvalue weighted by atomic mass is 79.9. The van der Waals surface area contributed by atoms with Crippen LogP contribution in [0.1, 0.15) is 6.92 Å². The van der Waals surface area contributed by atoms with Crippen LogP contribution in [0, 0.1) is 0 Å². The van der Waals surface area contributed by atoms with Crippen molar-refractivity contribution in [3.63, 3.8) is 0 Å². The van der Waals surface area contributed by atoms with Gasteiger partial charge in [0.25, 0.3) is 14.4 Å². The topological polar surface area (TPSA) is 114 Å². The lowest BCUT2D eigenvalue weighted by Crippen LogP contribution is -2.13. The molecular weight excluding hydrogens is 370 g/mol. The van der Waals surface area contributed by atoms with Crippen molar-refractivity contribution in [1.29, 1.82) is 0 Å². The Morgan fingerprint density at radius 2 is 2.15 bits per heavy atom. The van der Waals surface area contributed by atoms with Gasteiger partial charge in [-0.3, -0.25) is 14.5 Å². The number of sulfonamides is 1. The summed E-state index contributed by atoms with van der Waals surface area (Å²) in [6, 6.07) is 1.50. The molecule has 2 rings (SSSR count). The van der Waals surface area contributed by atoms with Crippen molar-refractivity contribution in [3.05, 3.63) is 22.9 Å². The number of anilines is 2. The van der Waals surface area contributed by atoms with E-state index in [0.717, 1.165) is 11.3 Å². The normalized spacial score (nSPS) is 11.1. The SMILES string of the molecule is CC(=O)Nc1nnc(S(=O)(=O)Nc2ccncc2Br)s1. The van der Waals surface area contributed by atoms with E-state index in [9.17, 15) is 13.2 Å². The lowest BCUT2D eigenvalue weighted by Gasteiger charge is -2.05. The summed E-state index contributed by atoms with van der Waals surface area (Å²) in [6.45, 7) is 1.29. The Morgan fingerprint density at radius 1 is 1.40 bits per heavy atom. The molecule has 2 N–H and O–H groups in total. The van der Waals surface area contributed by atoms with Crippen LogP contribution in [-0.4, -0.2) is 29.5 Å². The highest BCUT2D eigenvalue weighted by molar-refractivity contribution is 9.10. The molecule has 2 heterocycles. The zero-order chi connectivity index (χ0) is 14.8. The van der Waals surface area contributed by atoms with Gasteiger partial charge in [0.15, 0.2) is 0 Å². The largest absolute Gasteiger partial charge is 0.301 e. The van der Waals surface area contributed by atoms with Gasteiger partial charge in [-0.25, -0.2) is 0 Å². The Balaban J connectivity index is 2.25. The van der Waals surface area contributed by atoms with Crippen LogP contribution in [0.4, 0.5) is 10.8 Å². The van der Waals surface area contributed by atoms with Crippen LogP contribution >= 0.6 is 27.3 Å². The van der Waals surface area contributed by atoms with Gasteiger partial charge in [0, 0.05) is 19.3 Å². The first-order valence-electron chi connectivity index (χ1n) is 5.12. The molecule has 1 amide bonds. The van der Waals surface area contributed by atoms with Gasteiger partial charge in [-0.2, -0.15) is 8.42 Å². The summed E-state index contributed by atoms with van der Waals surface area (Å²) in [7, 11) is -3.86. The zero-order valence-electron chi connectivity index (χ0n) is 9.99. The van der Waals surface area contributed by atoms with Gasteiger partial charge in [0.2, 0.25) is 11.0 Å². The summed E-state index contributed by atoms with van der Waals surface area (Å²) in [5, 5.41) is 9.60. The monoisotopic (exact) mass is 377 g/mol. The number of aromatic nitrogens is 3. The lowest BCUT2D eigenvalue weighted by molar-refractivity contribution is -0.114. The first kappa shape index (κ1) is 14.8. The van der Waals surface area contributed by atoms with E-state index < -0.39 is 10.0 Å². The maximum atomic E-state index is 12.1. The number of hydrogen-bond donors (Lipinski definition) is 2. The van der Waals surface area contributed by atoms with Crippen LogP contribution in [0.25, 0.3) is 0 Å². The number of nitrogens with zero attached hydrogens (tertiary/aromatic N) is 3. The molecular formula is C9H8BrN5O3S2. The first-order valence-corrected chi connectivity index (χ1v) is 8.21. The molecule has 2 aromatic heterocycles. The van der Waals surface area contributed by atoms with Crippen molar-refractivity contribution in [2.45, 2.75) is 11.3 Å². The van der Waals surface area contributed by atoms with Gasteiger partial charge < -0.3 is 5.32 Å². The van der Waals surface area contributed by atoms with Crippen molar-refractivity contribution >= 4 is 54.0 Å². The Hall–Kier alpha value is -1.59. The van der Waals surface area contributed by atoms with E-state index in [1.54, 1.807) is 0 Å². The molecule has 11 heteroatoms. The maximum absolute atomic E-state index is 12.1. The summed E-state index contributed by atoms with van der Waals surface area (Å²) in [6.07, 6.45) is 2.91. The van der Waals surface area contributed by atoms with Crippen LogP contribution in [0.2, 0.25) is 0 Å². The molecule has 0 fully saturated rings. The van der Waals surface area contributed by atoms with Gasteiger partial charge in [-0.15, -0.1) is 10.2 Å². The van der Waals surface area contributed by atoms with E-state index >= 15 is 0 Å². The predicted octanol–water partition coefficient (Wildman–Crippen LogP) is 1.45. The average molecular weight is 378 g/mol. The number of nitrogens with one attached hydrogen (secondary N) is 2. The van der Waals surface area contributed by atoms with E-state index in [4.69, 9.17) is 0 Å². The quantitative estimate of drug-likeness (QED) is 0.779. The number of hydrogen-bond acceptors (Lipinski definition) is 7. The van der Waals surface area contributed by atoms with Gasteiger partial charge >= 0.3 is 0 Å². The second-order valence-electron chi connectivity index (χ2n) is 3.52. The molecule has 106 valence electrons. The van der Waals surface area contributed by atoms with E-state index in [-0.39, 0.29) is 15.4 Å². The van der Waals surface area contributed by atoms with Gasteiger partial charge in [-0.05, 0) is 22.0 Å². The third-order valence-electron chi connectivity index (χ3n) is 1.94. The summed E-state index contributed by atoms with van der Waals surface area (Å²) in [5.41, 5.74) is 0.330. The highest BCUT2D eigenvalue weighted by Crippen LogP contribution is 2.26. The minimum absolute atomic E-state index is 0.117. The van der Waals surface area contributed by atoms with Crippen molar-refractivity contribution < 1.29 is 13.2 Å². The number of halogens is 1. The Kier molecular flexibility index (Phi) is 4.30. The standard InChI is InChI=1S/C9H8BrN5O3S2/c1-5(16)12-8-13-14-9(19-8)20(17,18)15-7-2-3-11-4-6(7)10/h2-4H,1H3,(H,11,15)(H,12,13,16). The minimum Gasteiger partial charge on any atom is -0.301 e. The van der Waals surface area contributed by atoms with Crippen molar-refractivity contribution in [3.8, 4) is 0 Å². The Labute approximate surface area is 126 Å². The second kappa shape index (κ2) is 5.81. The number of amides is 1. The summed E-state index contributed by atoms with van der Waals surface area (Å²) in [5.74, 6) is -0.352. The lowest BCUT2D eigenvalue weighted by atomic mass is 10.4. The maximum Gasteiger partial charge on any atom is 0.291 e. The molecule has 0 unspecified atom stereocenters. The minimum atomic E-state index is -3.86. The van der Waals surface area contributed by atoms with Crippen LogP contribution in [0.15, 0.2) is 27.3 Å². The zero-order valence-corrected chi connectivity index (χ0v) is 13.2. The molecule has 8 nitrogen and oxygen atoms in total. The van der Waals surface area contributed by atoms with Crippen molar-refractivity contribution in [2.24, 2.45) is 0 Å². The fourth-order valence-electron chi connectivity index (χ4n) is 1.17. The summed E-state index contributed by atoms with van der Waals surface area (Å²) < 4.78 is 26.8. The molecule has 0 spiro atoms. The number of rotatable bonds is 4. The van der Waals surface area contributed by atoms with E-state index in [1.807, 2.05) is 0 Å². The fraction of sp³-hybridized carbons (Fsp3) is 0.111. The highest BCUT2D eigenvalue weighted by Gasteiger charge is 2.21. The van der Waals surface area contributed by atoms with Crippen molar-refractivity contribution in [2.75, 3.05) is 10.0 Å². The van der Waals surface area contributed by atoms with Gasteiger partial charge in [0.05, 0.1) is 10.2 Å². The molecule has 20 heavy (non-hydrogen) atoms. The van der Waals surface area contributed by atoms with E-state index in [0.29, 0.717) is 10.2 Å². The third kappa shape index (κ3) is 3.49.